The second kappa shape index (κ2) is 9.86. The first-order valence-corrected chi connectivity index (χ1v) is 8.49. The van der Waals surface area contributed by atoms with Gasteiger partial charge in [-0.15, -0.1) is 0 Å². The maximum atomic E-state index is 12.6. The molecule has 1 N–H and O–H groups in total. The van der Waals surface area contributed by atoms with E-state index in [2.05, 4.69) is 27.8 Å². The number of hydrogen-bond donors (Lipinski definition) is 1. The van der Waals surface area contributed by atoms with Crippen molar-refractivity contribution >= 4 is 27.5 Å². The standard InChI is InChI=1S/C19H20BrNO4/c1-3-10-24-16-7-5-15(6-8-16)21-19(22)17-13-14(20)4-9-18(17)25-12-11-23-2/h3-9,13H,1,10-12H2,2H3,(H,21,22). The average Bonchev–Trinajstić information content (AvgIpc) is 2.62. The summed E-state index contributed by atoms with van der Waals surface area (Å²) in [7, 11) is 1.60. The van der Waals surface area contributed by atoms with Crippen LogP contribution in [-0.2, 0) is 4.74 Å². The number of hydrogen-bond acceptors (Lipinski definition) is 4. The SMILES string of the molecule is C=CCOc1ccc(NC(=O)c2cc(Br)ccc2OCCOC)cc1. The van der Waals surface area contributed by atoms with E-state index in [-0.39, 0.29) is 5.91 Å². The summed E-state index contributed by atoms with van der Waals surface area (Å²) in [5, 5.41) is 2.85. The van der Waals surface area contributed by atoms with Crippen LogP contribution in [0, 0.1) is 0 Å². The van der Waals surface area contributed by atoms with E-state index >= 15 is 0 Å². The van der Waals surface area contributed by atoms with Crippen molar-refractivity contribution in [2.75, 3.05) is 32.2 Å². The third-order valence-electron chi connectivity index (χ3n) is 3.21. The Balaban J connectivity index is 2.08. The van der Waals surface area contributed by atoms with Crippen molar-refractivity contribution in [3.8, 4) is 11.5 Å². The minimum atomic E-state index is -0.256. The van der Waals surface area contributed by atoms with Crippen LogP contribution in [0.3, 0.4) is 0 Å². The van der Waals surface area contributed by atoms with Crippen molar-refractivity contribution in [3.63, 3.8) is 0 Å². The zero-order valence-electron chi connectivity index (χ0n) is 14.0. The van der Waals surface area contributed by atoms with Crippen LogP contribution in [0.5, 0.6) is 11.5 Å². The summed E-state index contributed by atoms with van der Waals surface area (Å²) >= 11 is 3.38. The van der Waals surface area contributed by atoms with Gasteiger partial charge < -0.3 is 19.5 Å². The van der Waals surface area contributed by atoms with Crippen LogP contribution >= 0.6 is 15.9 Å². The normalized spacial score (nSPS) is 10.2. The van der Waals surface area contributed by atoms with Crippen LogP contribution in [-0.4, -0.2) is 32.8 Å². The summed E-state index contributed by atoms with van der Waals surface area (Å²) in [6, 6.07) is 12.4. The van der Waals surface area contributed by atoms with Gasteiger partial charge in [0.1, 0.15) is 24.7 Å². The molecule has 25 heavy (non-hydrogen) atoms. The van der Waals surface area contributed by atoms with Gasteiger partial charge in [-0.05, 0) is 42.5 Å². The number of rotatable bonds is 9. The molecule has 0 spiro atoms. The lowest BCUT2D eigenvalue weighted by Crippen LogP contribution is -2.15. The molecule has 0 saturated carbocycles. The summed E-state index contributed by atoms with van der Waals surface area (Å²) in [5.74, 6) is 0.959. The Morgan fingerprint density at radius 2 is 1.92 bits per heavy atom. The van der Waals surface area contributed by atoms with Crippen LogP contribution < -0.4 is 14.8 Å². The van der Waals surface area contributed by atoms with Gasteiger partial charge in [-0.3, -0.25) is 4.79 Å². The molecule has 6 heteroatoms. The predicted octanol–water partition coefficient (Wildman–Crippen LogP) is 4.29. The molecule has 0 fully saturated rings. The van der Waals surface area contributed by atoms with Gasteiger partial charge in [-0.2, -0.15) is 0 Å². The predicted molar refractivity (Wildman–Crippen MR) is 102 cm³/mol. The number of benzene rings is 2. The topological polar surface area (TPSA) is 56.8 Å². The van der Waals surface area contributed by atoms with Crippen LogP contribution in [0.1, 0.15) is 10.4 Å². The van der Waals surface area contributed by atoms with Crippen LogP contribution in [0.15, 0.2) is 59.6 Å². The van der Waals surface area contributed by atoms with Gasteiger partial charge in [0.25, 0.3) is 5.91 Å². The molecule has 132 valence electrons. The largest absolute Gasteiger partial charge is 0.490 e. The number of halogens is 1. The van der Waals surface area contributed by atoms with Gasteiger partial charge in [-0.1, -0.05) is 28.6 Å². The molecule has 0 radical (unpaired) electrons. The second-order valence-corrected chi connectivity index (χ2v) is 5.98. The van der Waals surface area contributed by atoms with Crippen molar-refractivity contribution in [2.24, 2.45) is 0 Å². The second-order valence-electron chi connectivity index (χ2n) is 5.06. The number of carbonyl (C=O) groups is 1. The Bertz CT molecular complexity index is 716. The van der Waals surface area contributed by atoms with Gasteiger partial charge in [0.2, 0.25) is 0 Å². The quantitative estimate of drug-likeness (QED) is 0.499. The molecule has 0 saturated heterocycles. The molecule has 0 aliphatic heterocycles. The first-order chi connectivity index (χ1) is 12.1. The Morgan fingerprint density at radius 3 is 2.60 bits per heavy atom. The third kappa shape index (κ3) is 5.92. The lowest BCUT2D eigenvalue weighted by molar-refractivity contribution is 0.101. The van der Waals surface area contributed by atoms with E-state index in [1.54, 1.807) is 49.6 Å². The zero-order valence-corrected chi connectivity index (χ0v) is 15.5. The van der Waals surface area contributed by atoms with Crippen molar-refractivity contribution in [2.45, 2.75) is 0 Å². The molecule has 0 bridgehead atoms. The Labute approximate surface area is 155 Å². The Hall–Kier alpha value is -2.31. The summed E-state index contributed by atoms with van der Waals surface area (Å²) in [6.07, 6.45) is 1.67. The smallest absolute Gasteiger partial charge is 0.259 e. The van der Waals surface area contributed by atoms with E-state index in [1.807, 2.05) is 6.07 Å². The van der Waals surface area contributed by atoms with Gasteiger partial charge in [0.05, 0.1) is 12.2 Å². The monoisotopic (exact) mass is 405 g/mol. The number of nitrogens with one attached hydrogen (secondary N) is 1. The summed E-state index contributed by atoms with van der Waals surface area (Å²) in [4.78, 5) is 12.6. The first kappa shape index (κ1) is 19.0. The number of methoxy groups -OCH3 is 1. The van der Waals surface area contributed by atoms with E-state index in [9.17, 15) is 4.79 Å². The van der Waals surface area contributed by atoms with Crippen molar-refractivity contribution < 1.29 is 19.0 Å². The highest BCUT2D eigenvalue weighted by Crippen LogP contribution is 2.25. The van der Waals surface area contributed by atoms with E-state index in [0.717, 1.165) is 4.47 Å². The van der Waals surface area contributed by atoms with E-state index in [4.69, 9.17) is 14.2 Å². The molecule has 2 aromatic rings. The van der Waals surface area contributed by atoms with Gasteiger partial charge >= 0.3 is 0 Å². The summed E-state index contributed by atoms with van der Waals surface area (Å²) < 4.78 is 16.8. The van der Waals surface area contributed by atoms with Gasteiger partial charge in [0, 0.05) is 17.3 Å². The minimum Gasteiger partial charge on any atom is -0.490 e. The maximum absolute atomic E-state index is 12.6. The molecule has 2 aromatic carbocycles. The molecule has 1 amide bonds. The molecular formula is C19H20BrNO4. The number of ether oxygens (including phenoxy) is 3. The van der Waals surface area contributed by atoms with Gasteiger partial charge in [0.15, 0.2) is 0 Å². The molecule has 5 nitrogen and oxygen atoms in total. The molecule has 0 aromatic heterocycles. The first-order valence-electron chi connectivity index (χ1n) is 7.70. The minimum absolute atomic E-state index is 0.256. The van der Waals surface area contributed by atoms with Crippen LogP contribution in [0.25, 0.3) is 0 Å². The molecular weight excluding hydrogens is 386 g/mol. The maximum Gasteiger partial charge on any atom is 0.259 e. The zero-order chi connectivity index (χ0) is 18.1. The fraction of sp³-hybridized carbons (Fsp3) is 0.211. The summed E-state index contributed by atoms with van der Waals surface area (Å²) in [6.45, 7) is 4.86. The Morgan fingerprint density at radius 1 is 1.16 bits per heavy atom. The number of amides is 1. The molecule has 0 aliphatic carbocycles. The molecule has 0 aliphatic rings. The van der Waals surface area contributed by atoms with E-state index < -0.39 is 0 Å². The lowest BCUT2D eigenvalue weighted by Gasteiger charge is -2.12. The van der Waals surface area contributed by atoms with Crippen LogP contribution in [0.2, 0.25) is 0 Å². The van der Waals surface area contributed by atoms with E-state index in [1.165, 1.54) is 0 Å². The summed E-state index contributed by atoms with van der Waals surface area (Å²) in [5.41, 5.74) is 1.11. The highest BCUT2D eigenvalue weighted by molar-refractivity contribution is 9.10. The lowest BCUT2D eigenvalue weighted by atomic mass is 10.2. The van der Waals surface area contributed by atoms with Gasteiger partial charge in [-0.25, -0.2) is 0 Å². The number of anilines is 1. The molecule has 2 rings (SSSR count). The molecule has 0 atom stereocenters. The van der Waals surface area contributed by atoms with Crippen molar-refractivity contribution in [3.05, 3.63) is 65.2 Å². The number of carbonyl (C=O) groups excluding carboxylic acids is 1. The third-order valence-corrected chi connectivity index (χ3v) is 3.70. The highest BCUT2D eigenvalue weighted by Gasteiger charge is 2.14. The Kier molecular flexibility index (Phi) is 7.50. The van der Waals surface area contributed by atoms with E-state index in [0.29, 0.717) is 42.6 Å². The van der Waals surface area contributed by atoms with Crippen molar-refractivity contribution in [1.29, 1.82) is 0 Å². The molecule has 0 unspecified atom stereocenters. The van der Waals surface area contributed by atoms with Crippen molar-refractivity contribution in [1.82, 2.24) is 0 Å². The fourth-order valence-electron chi connectivity index (χ4n) is 2.03. The molecule has 0 heterocycles. The van der Waals surface area contributed by atoms with Crippen LogP contribution in [0.4, 0.5) is 5.69 Å². The fourth-order valence-corrected chi connectivity index (χ4v) is 2.39. The average molecular weight is 406 g/mol. The highest BCUT2D eigenvalue weighted by atomic mass is 79.9.